The maximum atomic E-state index is 12.6. The van der Waals surface area contributed by atoms with Crippen LogP contribution < -0.4 is 0 Å². The molecule has 1 heterocycles. The van der Waals surface area contributed by atoms with E-state index in [-0.39, 0.29) is 5.78 Å². The Labute approximate surface area is 103 Å². The second-order valence-electron chi connectivity index (χ2n) is 4.35. The molecule has 1 aliphatic carbocycles. The van der Waals surface area contributed by atoms with Gasteiger partial charge in [0.2, 0.25) is 10.7 Å². The lowest BCUT2D eigenvalue weighted by Crippen LogP contribution is -2.27. The van der Waals surface area contributed by atoms with Crippen molar-refractivity contribution in [2.75, 3.05) is 12.4 Å². The number of fused-ring (bicyclic) bond motifs is 1. The monoisotopic (exact) mass is 242 g/mol. The Balaban J connectivity index is 2.15. The van der Waals surface area contributed by atoms with Crippen molar-refractivity contribution in [1.29, 1.82) is 0 Å². The fraction of sp³-hybridized carbons (Fsp3) is 0.214. The fourth-order valence-electron chi connectivity index (χ4n) is 2.80. The number of ketones is 1. The minimum atomic E-state index is -0.747. The van der Waals surface area contributed by atoms with Crippen LogP contribution in [0.25, 0.3) is 10.8 Å². The zero-order valence-corrected chi connectivity index (χ0v) is 9.92. The maximum Gasteiger partial charge on any atom is 0.210 e. The van der Waals surface area contributed by atoms with Crippen LogP contribution in [0.1, 0.15) is 15.9 Å². The number of hydrogen-bond donors (Lipinski definition) is 0. The molecule has 0 saturated carbocycles. The van der Waals surface area contributed by atoms with E-state index in [1.807, 2.05) is 36.4 Å². The van der Waals surface area contributed by atoms with Gasteiger partial charge in [-0.1, -0.05) is 36.4 Å². The molecule has 3 heteroatoms. The maximum absolute atomic E-state index is 12.6. The van der Waals surface area contributed by atoms with Crippen LogP contribution in [-0.4, -0.2) is 18.1 Å². The van der Waals surface area contributed by atoms with Crippen molar-refractivity contribution in [3.05, 3.63) is 47.5 Å². The minimum Gasteiger partial charge on any atom is -0.352 e. The third kappa shape index (κ3) is 1.04. The molecular weight excluding hydrogens is 232 g/mol. The summed E-state index contributed by atoms with van der Waals surface area (Å²) in [6, 6.07) is 12.0. The lowest BCUT2D eigenvalue weighted by Gasteiger charge is -2.20. The lowest BCUT2D eigenvalue weighted by atomic mass is 10.1. The van der Waals surface area contributed by atoms with Gasteiger partial charge in [0.1, 0.15) is 0 Å². The van der Waals surface area contributed by atoms with Crippen molar-refractivity contribution < 1.29 is 9.53 Å². The highest BCUT2D eigenvalue weighted by Gasteiger charge is 2.51. The van der Waals surface area contributed by atoms with E-state index in [1.54, 1.807) is 11.8 Å². The summed E-state index contributed by atoms with van der Waals surface area (Å²) in [5, 5.41) is 2.20. The molecule has 4 rings (SSSR count). The molecule has 2 nitrogen and oxygen atoms in total. The predicted molar refractivity (Wildman–Crippen MR) is 68.4 cm³/mol. The van der Waals surface area contributed by atoms with E-state index < -0.39 is 4.93 Å². The summed E-state index contributed by atoms with van der Waals surface area (Å²) in [5.74, 6) is 1.00. The zero-order valence-electron chi connectivity index (χ0n) is 9.10. The molecule has 1 aliphatic heterocycles. The highest BCUT2D eigenvalue weighted by atomic mass is 32.2. The Morgan fingerprint density at radius 3 is 2.76 bits per heavy atom. The summed E-state index contributed by atoms with van der Waals surface area (Å²) in [6.07, 6.45) is 0. The molecule has 0 bridgehead atoms. The van der Waals surface area contributed by atoms with Crippen molar-refractivity contribution >= 4 is 28.3 Å². The molecular formula is C14H10O2S. The van der Waals surface area contributed by atoms with E-state index in [9.17, 15) is 4.79 Å². The van der Waals surface area contributed by atoms with Crippen LogP contribution in [-0.2, 0) is 9.67 Å². The van der Waals surface area contributed by atoms with Crippen LogP contribution in [0.4, 0.5) is 0 Å². The Morgan fingerprint density at radius 2 is 2.00 bits per heavy atom. The molecule has 2 aromatic rings. The molecule has 0 radical (unpaired) electrons. The highest BCUT2D eigenvalue weighted by molar-refractivity contribution is 8.01. The number of ether oxygens (including phenoxy) is 1. The van der Waals surface area contributed by atoms with Crippen LogP contribution in [0, 0.1) is 0 Å². The number of carbonyl (C=O) groups excluding carboxylic acids is 1. The SMILES string of the molecule is O=C1c2cccc3cccc(c23)C12OCCS2. The normalized spacial score (nSPS) is 26.2. The molecule has 84 valence electrons. The van der Waals surface area contributed by atoms with Gasteiger partial charge in [-0.15, -0.1) is 11.8 Å². The molecule has 1 saturated heterocycles. The fourth-order valence-corrected chi connectivity index (χ4v) is 3.99. The molecule has 1 spiro atoms. The summed E-state index contributed by atoms with van der Waals surface area (Å²) in [5.41, 5.74) is 1.85. The predicted octanol–water partition coefficient (Wildman–Crippen LogP) is 2.95. The number of thioether (sulfide) groups is 1. The number of Topliss-reactive ketones (excluding diaryl/α,β-unsaturated/α-hetero) is 1. The second-order valence-corrected chi connectivity index (χ2v) is 5.62. The van der Waals surface area contributed by atoms with Crippen molar-refractivity contribution in [3.8, 4) is 0 Å². The van der Waals surface area contributed by atoms with E-state index in [0.717, 1.165) is 27.7 Å². The Morgan fingerprint density at radius 1 is 1.18 bits per heavy atom. The zero-order chi connectivity index (χ0) is 11.5. The Hall–Kier alpha value is -1.32. The van der Waals surface area contributed by atoms with Crippen LogP contribution in [0.5, 0.6) is 0 Å². The molecule has 0 amide bonds. The van der Waals surface area contributed by atoms with Gasteiger partial charge < -0.3 is 4.74 Å². The van der Waals surface area contributed by atoms with Crippen LogP contribution in [0.3, 0.4) is 0 Å². The standard InChI is InChI=1S/C14H10O2S/c15-13-10-5-1-3-9-4-2-6-11(12(9)10)14(13)16-7-8-17-14/h1-6H,7-8H2. The molecule has 0 aromatic heterocycles. The molecule has 1 unspecified atom stereocenters. The van der Waals surface area contributed by atoms with Gasteiger partial charge in [-0.05, 0) is 5.39 Å². The van der Waals surface area contributed by atoms with Gasteiger partial charge in [0.25, 0.3) is 0 Å². The first kappa shape index (κ1) is 9.68. The average Bonchev–Trinajstić information content (AvgIpc) is 2.94. The van der Waals surface area contributed by atoms with E-state index in [4.69, 9.17) is 4.74 Å². The van der Waals surface area contributed by atoms with Crippen molar-refractivity contribution in [1.82, 2.24) is 0 Å². The smallest absolute Gasteiger partial charge is 0.210 e. The Kier molecular flexibility index (Phi) is 1.78. The first-order chi connectivity index (χ1) is 8.33. The first-order valence-electron chi connectivity index (χ1n) is 5.68. The summed E-state index contributed by atoms with van der Waals surface area (Å²) in [7, 11) is 0. The summed E-state index contributed by atoms with van der Waals surface area (Å²) in [6.45, 7) is 0.654. The van der Waals surface area contributed by atoms with Gasteiger partial charge >= 0.3 is 0 Å². The number of benzene rings is 2. The second kappa shape index (κ2) is 3.12. The number of hydrogen-bond acceptors (Lipinski definition) is 3. The minimum absolute atomic E-state index is 0.117. The van der Waals surface area contributed by atoms with Crippen LogP contribution in [0.15, 0.2) is 36.4 Å². The van der Waals surface area contributed by atoms with Gasteiger partial charge in [-0.25, -0.2) is 0 Å². The van der Waals surface area contributed by atoms with Gasteiger partial charge in [-0.3, -0.25) is 4.79 Å². The van der Waals surface area contributed by atoms with Gasteiger partial charge in [-0.2, -0.15) is 0 Å². The lowest BCUT2D eigenvalue weighted by molar-refractivity contribution is 0.0408. The van der Waals surface area contributed by atoms with E-state index in [1.165, 1.54) is 0 Å². The molecule has 17 heavy (non-hydrogen) atoms. The molecule has 0 N–H and O–H groups in total. The first-order valence-corrected chi connectivity index (χ1v) is 6.66. The number of carbonyl (C=O) groups is 1. The quantitative estimate of drug-likeness (QED) is 0.710. The topological polar surface area (TPSA) is 26.3 Å². The van der Waals surface area contributed by atoms with Crippen LogP contribution >= 0.6 is 11.8 Å². The van der Waals surface area contributed by atoms with Gasteiger partial charge in [0.05, 0.1) is 6.61 Å². The van der Waals surface area contributed by atoms with Crippen LogP contribution in [0.2, 0.25) is 0 Å². The highest BCUT2D eigenvalue weighted by Crippen LogP contribution is 2.52. The third-order valence-electron chi connectivity index (χ3n) is 3.50. The van der Waals surface area contributed by atoms with Gasteiger partial charge in [0, 0.05) is 22.3 Å². The van der Waals surface area contributed by atoms with Crippen molar-refractivity contribution in [2.24, 2.45) is 0 Å². The third-order valence-corrected chi connectivity index (χ3v) is 4.80. The average molecular weight is 242 g/mol. The molecule has 2 aliphatic rings. The Bertz CT molecular complexity index is 636. The van der Waals surface area contributed by atoms with E-state index in [2.05, 4.69) is 0 Å². The molecule has 1 fully saturated rings. The molecule has 2 aromatic carbocycles. The van der Waals surface area contributed by atoms with Crippen molar-refractivity contribution in [2.45, 2.75) is 4.93 Å². The summed E-state index contributed by atoms with van der Waals surface area (Å²) >= 11 is 1.62. The molecule has 1 atom stereocenters. The number of rotatable bonds is 0. The summed E-state index contributed by atoms with van der Waals surface area (Å²) in [4.78, 5) is 11.8. The van der Waals surface area contributed by atoms with Crippen molar-refractivity contribution in [3.63, 3.8) is 0 Å². The van der Waals surface area contributed by atoms with Gasteiger partial charge in [0.15, 0.2) is 0 Å². The van der Waals surface area contributed by atoms with E-state index >= 15 is 0 Å². The summed E-state index contributed by atoms with van der Waals surface area (Å²) < 4.78 is 5.80. The largest absolute Gasteiger partial charge is 0.352 e. The van der Waals surface area contributed by atoms with E-state index in [0.29, 0.717) is 6.61 Å².